The van der Waals surface area contributed by atoms with Gasteiger partial charge in [0.25, 0.3) is 5.91 Å². The molecule has 0 aliphatic carbocycles. The number of likely N-dealkylation sites (tertiary alicyclic amines) is 1. The number of nitrogens with zero attached hydrogens (tertiary/aromatic N) is 2. The average molecular weight is 291 g/mol. The highest BCUT2D eigenvalue weighted by atomic mass is 32.1. The Morgan fingerprint density at radius 2 is 2.00 bits per heavy atom. The number of carbonyl (C=O) groups excluding carboxylic acids is 1. The molecule has 0 spiro atoms. The van der Waals surface area contributed by atoms with Crippen LogP contribution in [0.25, 0.3) is 0 Å². The first kappa shape index (κ1) is 14.9. The van der Waals surface area contributed by atoms with E-state index in [9.17, 15) is 4.79 Å². The van der Waals surface area contributed by atoms with Crippen LogP contribution in [-0.2, 0) is 0 Å². The Bertz CT molecular complexity index is 500. The molecule has 1 atom stereocenters. The van der Waals surface area contributed by atoms with Crippen LogP contribution in [0.5, 0.6) is 0 Å². The number of hydrogen-bond acceptors (Lipinski definition) is 3. The van der Waals surface area contributed by atoms with E-state index >= 15 is 0 Å². The minimum absolute atomic E-state index is 0.0415. The fourth-order valence-corrected chi connectivity index (χ4v) is 2.74. The number of thiocarbonyl (C=S) groups is 1. The lowest BCUT2D eigenvalue weighted by molar-refractivity contribution is 0.0761. The molecule has 20 heavy (non-hydrogen) atoms. The van der Waals surface area contributed by atoms with E-state index in [1.54, 1.807) is 29.2 Å². The first-order valence-corrected chi connectivity index (χ1v) is 7.25. The molecule has 1 aromatic rings. The topological polar surface area (TPSA) is 49.6 Å². The van der Waals surface area contributed by atoms with Crippen LogP contribution in [0.2, 0.25) is 0 Å². The van der Waals surface area contributed by atoms with E-state index in [4.69, 9.17) is 18.0 Å². The van der Waals surface area contributed by atoms with E-state index in [-0.39, 0.29) is 5.91 Å². The van der Waals surface area contributed by atoms with E-state index < -0.39 is 0 Å². The minimum atomic E-state index is 0.0415. The summed E-state index contributed by atoms with van der Waals surface area (Å²) in [4.78, 5) is 16.8. The largest absolute Gasteiger partial charge is 0.389 e. The molecule has 0 aromatic heterocycles. The summed E-state index contributed by atoms with van der Waals surface area (Å²) in [7, 11) is 3.98. The van der Waals surface area contributed by atoms with Crippen LogP contribution in [0, 0.1) is 0 Å². The number of hydrogen-bond donors (Lipinski definition) is 1. The van der Waals surface area contributed by atoms with Crippen molar-refractivity contribution in [3.63, 3.8) is 0 Å². The molecule has 1 amide bonds. The smallest absolute Gasteiger partial charge is 0.253 e. The summed E-state index contributed by atoms with van der Waals surface area (Å²) in [6.45, 7) is 1.89. The van der Waals surface area contributed by atoms with Crippen LogP contribution in [0.3, 0.4) is 0 Å². The Morgan fingerprint density at radius 3 is 2.50 bits per heavy atom. The van der Waals surface area contributed by atoms with Crippen molar-refractivity contribution in [1.82, 2.24) is 9.80 Å². The predicted octanol–water partition coefficient (Wildman–Crippen LogP) is 1.49. The van der Waals surface area contributed by atoms with Gasteiger partial charge < -0.3 is 15.5 Å². The normalized spacial score (nSPS) is 19.0. The minimum Gasteiger partial charge on any atom is -0.389 e. The standard InChI is InChI=1S/C15H21N3OS/c1-17-9-3-4-13(17)10-18(2)15(19)12-7-5-11(6-8-12)14(16)20/h5-8,13H,3-4,9-10H2,1-2H3,(H2,16,20). The first-order valence-electron chi connectivity index (χ1n) is 6.84. The number of likely N-dealkylation sites (N-methyl/N-ethyl adjacent to an activating group) is 2. The zero-order valence-electron chi connectivity index (χ0n) is 12.0. The molecular formula is C15H21N3OS. The van der Waals surface area contributed by atoms with Crippen LogP contribution in [0.15, 0.2) is 24.3 Å². The van der Waals surface area contributed by atoms with Gasteiger partial charge in [0.05, 0.1) is 0 Å². The Kier molecular flexibility index (Phi) is 4.73. The van der Waals surface area contributed by atoms with Crippen molar-refractivity contribution in [2.24, 2.45) is 5.73 Å². The van der Waals surface area contributed by atoms with Crippen molar-refractivity contribution in [2.75, 3.05) is 27.2 Å². The van der Waals surface area contributed by atoms with Gasteiger partial charge in [-0.1, -0.05) is 24.4 Å². The quantitative estimate of drug-likeness (QED) is 0.854. The maximum atomic E-state index is 12.4. The molecule has 1 heterocycles. The second-order valence-corrected chi connectivity index (χ2v) is 5.84. The van der Waals surface area contributed by atoms with Gasteiger partial charge in [-0.25, -0.2) is 0 Å². The second-order valence-electron chi connectivity index (χ2n) is 5.40. The molecule has 1 aromatic carbocycles. The van der Waals surface area contributed by atoms with Gasteiger partial charge >= 0.3 is 0 Å². The zero-order valence-corrected chi connectivity index (χ0v) is 12.8. The number of carbonyl (C=O) groups is 1. The molecule has 0 saturated carbocycles. The van der Waals surface area contributed by atoms with E-state index in [2.05, 4.69) is 11.9 Å². The highest BCUT2D eigenvalue weighted by Crippen LogP contribution is 2.16. The third-order valence-corrected chi connectivity index (χ3v) is 4.15. The third-order valence-electron chi connectivity index (χ3n) is 3.92. The first-order chi connectivity index (χ1) is 9.49. The van der Waals surface area contributed by atoms with Crippen LogP contribution in [-0.4, -0.2) is 53.9 Å². The highest BCUT2D eigenvalue weighted by molar-refractivity contribution is 7.80. The molecule has 4 nitrogen and oxygen atoms in total. The van der Waals surface area contributed by atoms with Crippen molar-refractivity contribution < 1.29 is 4.79 Å². The lowest BCUT2D eigenvalue weighted by Gasteiger charge is -2.26. The molecule has 108 valence electrons. The lowest BCUT2D eigenvalue weighted by atomic mass is 10.1. The van der Waals surface area contributed by atoms with Crippen molar-refractivity contribution in [3.05, 3.63) is 35.4 Å². The van der Waals surface area contributed by atoms with Gasteiger partial charge in [0.2, 0.25) is 0 Å². The summed E-state index contributed by atoms with van der Waals surface area (Å²) in [6, 6.07) is 7.63. The molecule has 1 saturated heterocycles. The van der Waals surface area contributed by atoms with Gasteiger partial charge in [-0.3, -0.25) is 4.79 Å². The SMILES string of the molecule is CN(CC1CCCN1C)C(=O)c1ccc(C(N)=S)cc1. The van der Waals surface area contributed by atoms with Crippen molar-refractivity contribution >= 4 is 23.1 Å². The van der Waals surface area contributed by atoms with Crippen LogP contribution < -0.4 is 5.73 Å². The van der Waals surface area contributed by atoms with Gasteiger partial charge in [0, 0.05) is 30.8 Å². The van der Waals surface area contributed by atoms with Gasteiger partial charge in [-0.15, -0.1) is 0 Å². The Morgan fingerprint density at radius 1 is 1.40 bits per heavy atom. The molecule has 0 bridgehead atoms. The predicted molar refractivity (Wildman–Crippen MR) is 84.9 cm³/mol. The Hall–Kier alpha value is -1.46. The summed E-state index contributed by atoms with van der Waals surface area (Å²) in [5, 5.41) is 0. The van der Waals surface area contributed by atoms with Crippen molar-refractivity contribution in [3.8, 4) is 0 Å². The molecule has 1 unspecified atom stereocenters. The van der Waals surface area contributed by atoms with E-state index in [0.717, 1.165) is 25.1 Å². The maximum Gasteiger partial charge on any atom is 0.253 e. The van der Waals surface area contributed by atoms with E-state index in [1.807, 2.05) is 7.05 Å². The van der Waals surface area contributed by atoms with Gasteiger partial charge in [0.15, 0.2) is 0 Å². The molecule has 1 aliphatic heterocycles. The molecule has 1 aliphatic rings. The monoisotopic (exact) mass is 291 g/mol. The molecular weight excluding hydrogens is 270 g/mol. The molecule has 5 heteroatoms. The zero-order chi connectivity index (χ0) is 14.7. The summed E-state index contributed by atoms with van der Waals surface area (Å²) in [5.74, 6) is 0.0415. The molecule has 0 radical (unpaired) electrons. The van der Waals surface area contributed by atoms with Crippen molar-refractivity contribution in [1.29, 1.82) is 0 Å². The van der Waals surface area contributed by atoms with Crippen LogP contribution in [0.1, 0.15) is 28.8 Å². The van der Waals surface area contributed by atoms with Crippen molar-refractivity contribution in [2.45, 2.75) is 18.9 Å². The van der Waals surface area contributed by atoms with Gasteiger partial charge in [-0.2, -0.15) is 0 Å². The summed E-state index contributed by atoms with van der Waals surface area (Å²) >= 11 is 4.91. The Balaban J connectivity index is 2.00. The maximum absolute atomic E-state index is 12.4. The van der Waals surface area contributed by atoms with Gasteiger partial charge in [-0.05, 0) is 38.6 Å². The average Bonchev–Trinajstić information content (AvgIpc) is 2.83. The Labute approximate surface area is 125 Å². The van der Waals surface area contributed by atoms with E-state index in [1.165, 1.54) is 6.42 Å². The highest BCUT2D eigenvalue weighted by Gasteiger charge is 2.24. The van der Waals surface area contributed by atoms with Crippen LogP contribution in [0.4, 0.5) is 0 Å². The van der Waals surface area contributed by atoms with Gasteiger partial charge in [0.1, 0.15) is 4.99 Å². The molecule has 2 rings (SSSR count). The third kappa shape index (κ3) is 3.35. The fraction of sp³-hybridized carbons (Fsp3) is 0.467. The fourth-order valence-electron chi connectivity index (χ4n) is 2.61. The second kappa shape index (κ2) is 6.33. The molecule has 2 N–H and O–H groups in total. The number of amides is 1. The summed E-state index contributed by atoms with van der Waals surface area (Å²) in [5.41, 5.74) is 7.02. The summed E-state index contributed by atoms with van der Waals surface area (Å²) in [6.07, 6.45) is 2.38. The lowest BCUT2D eigenvalue weighted by Crippen LogP contribution is -2.39. The molecule has 1 fully saturated rings. The van der Waals surface area contributed by atoms with Crippen LogP contribution >= 0.6 is 12.2 Å². The number of benzene rings is 1. The van der Waals surface area contributed by atoms with E-state index in [0.29, 0.717) is 16.6 Å². The summed E-state index contributed by atoms with van der Waals surface area (Å²) < 4.78 is 0. The number of rotatable bonds is 4. The number of nitrogens with two attached hydrogens (primary N) is 1.